The number of rotatable bonds is 17. The molecule has 1 heterocycles. The number of hydrogen-bond donors (Lipinski definition) is 3. The Labute approximate surface area is 216 Å². The minimum Gasteiger partial charge on any atom is -0.478 e. The van der Waals surface area contributed by atoms with Gasteiger partial charge in [0.15, 0.2) is 0 Å². The monoisotopic (exact) mass is 493 g/mol. The Hall–Kier alpha value is -3.18. The molecule has 196 valence electrons. The Morgan fingerprint density at radius 1 is 1.06 bits per heavy atom. The number of ketones is 1. The Morgan fingerprint density at radius 2 is 1.78 bits per heavy atom. The van der Waals surface area contributed by atoms with E-state index in [1.165, 1.54) is 0 Å². The summed E-state index contributed by atoms with van der Waals surface area (Å²) in [6, 6.07) is 3.59. The highest BCUT2D eigenvalue weighted by Crippen LogP contribution is 2.21. The summed E-state index contributed by atoms with van der Waals surface area (Å²) in [7, 11) is 0. The van der Waals surface area contributed by atoms with Crippen LogP contribution >= 0.6 is 0 Å². The molecular weight excluding hydrogens is 450 g/mol. The van der Waals surface area contributed by atoms with E-state index >= 15 is 0 Å². The number of aliphatic carboxylic acids is 1. The normalized spacial score (nSPS) is 15.9. The number of hydrogen-bond acceptors (Lipinski definition) is 3. The van der Waals surface area contributed by atoms with E-state index in [0.717, 1.165) is 37.7 Å². The van der Waals surface area contributed by atoms with Crippen molar-refractivity contribution >= 4 is 11.8 Å². The summed E-state index contributed by atoms with van der Waals surface area (Å²) in [6.07, 6.45) is 25.6. The number of aromatic amines is 1. The minimum atomic E-state index is -0.899. The van der Waals surface area contributed by atoms with Crippen LogP contribution in [0.1, 0.15) is 76.7 Å². The van der Waals surface area contributed by atoms with Crippen molar-refractivity contribution in [2.24, 2.45) is 11.8 Å². The zero-order chi connectivity index (χ0) is 26.8. The van der Waals surface area contributed by atoms with Gasteiger partial charge in [-0.1, -0.05) is 75.5 Å². The molecule has 0 aliphatic rings. The number of H-pyrrole nitrogens is 1. The second-order valence-electron chi connectivity index (χ2n) is 9.04. The fraction of sp³-hybridized carbons (Fsp3) is 0.419. The number of carbonyl (C=O) groups excluding carboxylic acids is 1. The number of aliphatic hydroxyl groups excluding tert-OH is 1. The second kappa shape index (κ2) is 18.1. The Balaban J connectivity index is 2.46. The zero-order valence-corrected chi connectivity index (χ0v) is 22.2. The molecular formula is C31H43NO4. The van der Waals surface area contributed by atoms with Gasteiger partial charge in [-0.3, -0.25) is 4.79 Å². The van der Waals surface area contributed by atoms with E-state index in [1.54, 1.807) is 31.3 Å². The molecule has 0 radical (unpaired) electrons. The quantitative estimate of drug-likeness (QED) is 0.120. The summed E-state index contributed by atoms with van der Waals surface area (Å²) in [5.41, 5.74) is 1.92. The molecule has 0 aliphatic heterocycles. The lowest BCUT2D eigenvalue weighted by Crippen LogP contribution is -2.20. The van der Waals surface area contributed by atoms with Crippen molar-refractivity contribution in [2.75, 3.05) is 0 Å². The molecule has 5 heteroatoms. The van der Waals surface area contributed by atoms with Crippen molar-refractivity contribution in [1.82, 2.24) is 4.98 Å². The molecule has 0 unspecified atom stereocenters. The van der Waals surface area contributed by atoms with Crippen LogP contribution in [0.2, 0.25) is 0 Å². The number of allylic oxidation sites excluding steroid dienone is 10. The maximum Gasteiger partial charge on any atom is 0.330 e. The lowest BCUT2D eigenvalue weighted by atomic mass is 9.91. The maximum atomic E-state index is 11.9. The van der Waals surface area contributed by atoms with Crippen LogP contribution in [0, 0.1) is 11.8 Å². The molecule has 0 spiro atoms. The summed E-state index contributed by atoms with van der Waals surface area (Å²) in [6.45, 7) is 7.77. The second-order valence-corrected chi connectivity index (χ2v) is 9.04. The van der Waals surface area contributed by atoms with Crippen molar-refractivity contribution in [3.05, 3.63) is 95.9 Å². The summed E-state index contributed by atoms with van der Waals surface area (Å²) in [4.78, 5) is 25.7. The minimum absolute atomic E-state index is 0.00328. The van der Waals surface area contributed by atoms with E-state index in [9.17, 15) is 14.7 Å². The van der Waals surface area contributed by atoms with Crippen molar-refractivity contribution in [3.63, 3.8) is 0 Å². The molecule has 0 aliphatic carbocycles. The maximum absolute atomic E-state index is 11.9. The highest BCUT2D eigenvalue weighted by atomic mass is 16.4. The molecule has 3 N–H and O–H groups in total. The van der Waals surface area contributed by atoms with Crippen LogP contribution in [0.15, 0.2) is 90.2 Å². The standard InChI is InChI=1S/C31H43NO4/c1-5-26(19-12-13-22-29(33)28-21-15-23-32-28)18-10-8-7-9-11-20-27(6-2)30(34)24(3)16-14-17-25(4)31(35)36/h7-11,13,15,17-18,20-24,26,30,32,34H,5-6,12,14,16,19H2,1-4H3,(H,35,36)/b8-7+,11-9+,18-10+,22-13+,25-17+,27-20+/t24-,26+,30+/m0/s1. The van der Waals surface area contributed by atoms with Crippen LogP contribution < -0.4 is 0 Å². The summed E-state index contributed by atoms with van der Waals surface area (Å²) in [5, 5.41) is 19.6. The molecule has 3 atom stereocenters. The lowest BCUT2D eigenvalue weighted by molar-refractivity contribution is -0.132. The van der Waals surface area contributed by atoms with E-state index in [0.29, 0.717) is 23.6 Å². The topological polar surface area (TPSA) is 90.4 Å². The predicted octanol–water partition coefficient (Wildman–Crippen LogP) is 7.37. The molecule has 0 fully saturated rings. The number of aliphatic hydroxyl groups is 1. The van der Waals surface area contributed by atoms with Gasteiger partial charge in [0.1, 0.15) is 0 Å². The zero-order valence-electron chi connectivity index (χ0n) is 22.2. The average Bonchev–Trinajstić information content (AvgIpc) is 3.41. The first-order valence-corrected chi connectivity index (χ1v) is 12.9. The van der Waals surface area contributed by atoms with Crippen molar-refractivity contribution in [2.45, 2.75) is 72.3 Å². The fourth-order valence-electron chi connectivity index (χ4n) is 3.70. The van der Waals surface area contributed by atoms with Crippen molar-refractivity contribution in [1.29, 1.82) is 0 Å². The lowest BCUT2D eigenvalue weighted by Gasteiger charge is -2.20. The van der Waals surface area contributed by atoms with E-state index < -0.39 is 12.1 Å². The van der Waals surface area contributed by atoms with Crippen LogP contribution in [-0.4, -0.2) is 33.1 Å². The summed E-state index contributed by atoms with van der Waals surface area (Å²) in [5.74, 6) is -0.386. The van der Waals surface area contributed by atoms with Gasteiger partial charge in [0.25, 0.3) is 0 Å². The van der Waals surface area contributed by atoms with Crippen molar-refractivity contribution in [3.8, 4) is 0 Å². The van der Waals surface area contributed by atoms with Gasteiger partial charge >= 0.3 is 5.97 Å². The van der Waals surface area contributed by atoms with Gasteiger partial charge in [0, 0.05) is 11.8 Å². The van der Waals surface area contributed by atoms with Crippen LogP contribution in [0.25, 0.3) is 0 Å². The average molecular weight is 494 g/mol. The molecule has 1 rings (SSSR count). The van der Waals surface area contributed by atoms with Gasteiger partial charge in [-0.25, -0.2) is 4.79 Å². The SMILES string of the molecule is CC\C(=C/C=C/C=C/C=C/[C@@H](CC)CC/C=C/C(=O)c1ccc[nH]1)[C@H](O)[C@@H](C)CC/C=C(\C)C(=O)O. The van der Waals surface area contributed by atoms with Crippen LogP contribution in [-0.2, 0) is 4.79 Å². The van der Waals surface area contributed by atoms with Gasteiger partial charge in [-0.15, -0.1) is 0 Å². The number of carboxylic acid groups (broad SMARTS) is 1. The Morgan fingerprint density at radius 3 is 2.42 bits per heavy atom. The molecule has 0 bridgehead atoms. The van der Waals surface area contributed by atoms with Gasteiger partial charge in [0.2, 0.25) is 5.78 Å². The van der Waals surface area contributed by atoms with E-state index in [-0.39, 0.29) is 11.7 Å². The first-order valence-electron chi connectivity index (χ1n) is 12.9. The molecule has 0 saturated carbocycles. The van der Waals surface area contributed by atoms with Crippen LogP contribution in [0.3, 0.4) is 0 Å². The molecule has 5 nitrogen and oxygen atoms in total. The summed E-state index contributed by atoms with van der Waals surface area (Å²) < 4.78 is 0. The molecule has 1 aromatic rings. The Kier molecular flexibility index (Phi) is 15.5. The Bertz CT molecular complexity index is 961. The van der Waals surface area contributed by atoms with Gasteiger partial charge in [0.05, 0.1) is 11.8 Å². The number of carbonyl (C=O) groups is 2. The molecule has 0 aromatic carbocycles. The van der Waals surface area contributed by atoms with Crippen LogP contribution in [0.5, 0.6) is 0 Å². The molecule has 1 aromatic heterocycles. The predicted molar refractivity (Wildman–Crippen MR) is 149 cm³/mol. The highest BCUT2D eigenvalue weighted by molar-refractivity contribution is 6.03. The van der Waals surface area contributed by atoms with Crippen LogP contribution in [0.4, 0.5) is 0 Å². The number of nitrogens with one attached hydrogen (secondary N) is 1. The third-order valence-electron chi connectivity index (χ3n) is 6.24. The first kappa shape index (κ1) is 30.9. The van der Waals surface area contributed by atoms with Gasteiger partial charge in [-0.2, -0.15) is 0 Å². The largest absolute Gasteiger partial charge is 0.478 e. The van der Waals surface area contributed by atoms with Crippen molar-refractivity contribution < 1.29 is 19.8 Å². The number of carboxylic acids is 1. The molecule has 0 amide bonds. The first-order chi connectivity index (χ1) is 17.3. The van der Waals surface area contributed by atoms with Gasteiger partial charge in [-0.05, 0) is 81.1 Å². The summed E-state index contributed by atoms with van der Waals surface area (Å²) >= 11 is 0. The third kappa shape index (κ3) is 12.5. The fourth-order valence-corrected chi connectivity index (χ4v) is 3.70. The highest BCUT2D eigenvalue weighted by Gasteiger charge is 2.16. The molecule has 0 saturated heterocycles. The van der Waals surface area contributed by atoms with Gasteiger partial charge < -0.3 is 15.2 Å². The number of aromatic nitrogens is 1. The van der Waals surface area contributed by atoms with E-state index in [4.69, 9.17) is 5.11 Å². The molecule has 36 heavy (non-hydrogen) atoms. The smallest absolute Gasteiger partial charge is 0.330 e. The van der Waals surface area contributed by atoms with E-state index in [2.05, 4.69) is 24.1 Å². The third-order valence-corrected chi connectivity index (χ3v) is 6.24. The van der Waals surface area contributed by atoms with E-state index in [1.807, 2.05) is 56.4 Å².